The van der Waals surface area contributed by atoms with Gasteiger partial charge in [0.1, 0.15) is 17.0 Å². The SMILES string of the molecule is CCCOCCOc1cc(Br)nc(C2CC2)n1. The molecule has 0 amide bonds. The maximum absolute atomic E-state index is 5.55. The highest BCUT2D eigenvalue weighted by molar-refractivity contribution is 9.10. The van der Waals surface area contributed by atoms with E-state index < -0.39 is 0 Å². The van der Waals surface area contributed by atoms with Gasteiger partial charge in [0.05, 0.1) is 6.61 Å². The molecular formula is C12H17BrN2O2. The van der Waals surface area contributed by atoms with Gasteiger partial charge in [0.15, 0.2) is 0 Å². The van der Waals surface area contributed by atoms with Crippen molar-refractivity contribution in [2.24, 2.45) is 0 Å². The highest BCUT2D eigenvalue weighted by Gasteiger charge is 2.27. The molecule has 0 spiro atoms. The fourth-order valence-corrected chi connectivity index (χ4v) is 1.84. The van der Waals surface area contributed by atoms with E-state index in [1.165, 1.54) is 12.8 Å². The molecule has 1 aromatic heterocycles. The molecule has 0 unspecified atom stereocenters. The van der Waals surface area contributed by atoms with E-state index in [4.69, 9.17) is 9.47 Å². The number of nitrogens with zero attached hydrogens (tertiary/aromatic N) is 2. The van der Waals surface area contributed by atoms with E-state index >= 15 is 0 Å². The van der Waals surface area contributed by atoms with Crippen LogP contribution in [0.3, 0.4) is 0 Å². The lowest BCUT2D eigenvalue weighted by atomic mass is 10.4. The topological polar surface area (TPSA) is 44.2 Å². The predicted molar refractivity (Wildman–Crippen MR) is 68.3 cm³/mol. The first-order valence-corrected chi connectivity index (χ1v) is 6.84. The van der Waals surface area contributed by atoms with Gasteiger partial charge in [-0.3, -0.25) is 0 Å². The summed E-state index contributed by atoms with van der Waals surface area (Å²) in [5.41, 5.74) is 0. The molecule has 2 rings (SSSR count). The highest BCUT2D eigenvalue weighted by atomic mass is 79.9. The molecule has 4 nitrogen and oxygen atoms in total. The summed E-state index contributed by atoms with van der Waals surface area (Å²) in [6.07, 6.45) is 3.41. The third-order valence-electron chi connectivity index (χ3n) is 2.46. The van der Waals surface area contributed by atoms with Crippen molar-refractivity contribution < 1.29 is 9.47 Å². The van der Waals surface area contributed by atoms with Crippen LogP contribution < -0.4 is 4.74 Å². The Hall–Kier alpha value is -0.680. The fraction of sp³-hybridized carbons (Fsp3) is 0.667. The van der Waals surface area contributed by atoms with E-state index in [0.717, 1.165) is 23.5 Å². The molecule has 17 heavy (non-hydrogen) atoms. The highest BCUT2D eigenvalue weighted by Crippen LogP contribution is 2.38. The van der Waals surface area contributed by atoms with Crippen molar-refractivity contribution in [3.8, 4) is 5.88 Å². The molecule has 1 aliphatic carbocycles. The van der Waals surface area contributed by atoms with Crippen molar-refractivity contribution >= 4 is 15.9 Å². The lowest BCUT2D eigenvalue weighted by Gasteiger charge is -2.07. The Kier molecular flexibility index (Phi) is 4.74. The van der Waals surface area contributed by atoms with Gasteiger partial charge in [-0.2, -0.15) is 4.98 Å². The number of rotatable bonds is 7. The molecule has 0 saturated heterocycles. The number of ether oxygens (including phenoxy) is 2. The quantitative estimate of drug-likeness (QED) is 0.574. The Bertz CT molecular complexity index is 370. The lowest BCUT2D eigenvalue weighted by Crippen LogP contribution is -2.09. The Morgan fingerprint density at radius 1 is 1.29 bits per heavy atom. The molecule has 0 bridgehead atoms. The largest absolute Gasteiger partial charge is 0.475 e. The molecule has 5 heteroatoms. The molecule has 1 saturated carbocycles. The molecule has 94 valence electrons. The van der Waals surface area contributed by atoms with Crippen LogP contribution >= 0.6 is 15.9 Å². The molecule has 1 aliphatic rings. The molecule has 1 aromatic rings. The summed E-state index contributed by atoms with van der Waals surface area (Å²) in [5, 5.41) is 0. The molecule has 0 aliphatic heterocycles. The molecule has 0 atom stereocenters. The van der Waals surface area contributed by atoms with Crippen LogP contribution in [-0.2, 0) is 4.74 Å². The molecule has 1 heterocycles. The van der Waals surface area contributed by atoms with Crippen LogP contribution in [0.2, 0.25) is 0 Å². The Balaban J connectivity index is 1.82. The van der Waals surface area contributed by atoms with Crippen LogP contribution in [0.15, 0.2) is 10.7 Å². The van der Waals surface area contributed by atoms with Crippen molar-refractivity contribution in [2.45, 2.75) is 32.1 Å². The van der Waals surface area contributed by atoms with E-state index in [1.54, 1.807) is 6.07 Å². The fourth-order valence-electron chi connectivity index (χ4n) is 1.46. The predicted octanol–water partition coefficient (Wildman–Crippen LogP) is 2.92. The third kappa shape index (κ3) is 4.24. The maximum Gasteiger partial charge on any atom is 0.217 e. The smallest absolute Gasteiger partial charge is 0.217 e. The van der Waals surface area contributed by atoms with Gasteiger partial charge in [0, 0.05) is 18.6 Å². The van der Waals surface area contributed by atoms with Crippen molar-refractivity contribution in [2.75, 3.05) is 19.8 Å². The van der Waals surface area contributed by atoms with Crippen LogP contribution in [0.4, 0.5) is 0 Å². The van der Waals surface area contributed by atoms with Gasteiger partial charge in [-0.1, -0.05) is 6.92 Å². The van der Waals surface area contributed by atoms with E-state index in [0.29, 0.717) is 25.0 Å². The average Bonchev–Trinajstić information content (AvgIpc) is 3.12. The van der Waals surface area contributed by atoms with Gasteiger partial charge < -0.3 is 9.47 Å². The van der Waals surface area contributed by atoms with Crippen LogP contribution in [-0.4, -0.2) is 29.8 Å². The Labute approximate surface area is 110 Å². The second-order valence-electron chi connectivity index (χ2n) is 4.12. The number of hydrogen-bond donors (Lipinski definition) is 0. The van der Waals surface area contributed by atoms with Crippen LogP contribution in [0, 0.1) is 0 Å². The summed E-state index contributed by atoms with van der Waals surface area (Å²) >= 11 is 3.38. The summed E-state index contributed by atoms with van der Waals surface area (Å²) in [4.78, 5) is 8.74. The first-order chi connectivity index (χ1) is 8.29. The minimum absolute atomic E-state index is 0.534. The van der Waals surface area contributed by atoms with E-state index in [-0.39, 0.29) is 0 Å². The number of aromatic nitrogens is 2. The van der Waals surface area contributed by atoms with Crippen LogP contribution in [0.5, 0.6) is 5.88 Å². The van der Waals surface area contributed by atoms with Gasteiger partial charge in [-0.15, -0.1) is 0 Å². The standard InChI is InChI=1S/C12H17BrN2O2/c1-2-5-16-6-7-17-11-8-10(13)14-12(15-11)9-3-4-9/h8-9H,2-7H2,1H3. The van der Waals surface area contributed by atoms with Gasteiger partial charge in [0.25, 0.3) is 0 Å². The zero-order valence-corrected chi connectivity index (χ0v) is 11.6. The summed E-state index contributed by atoms with van der Waals surface area (Å²) in [6.45, 7) is 4.01. The van der Waals surface area contributed by atoms with Gasteiger partial charge in [-0.25, -0.2) is 4.98 Å². The molecule has 0 N–H and O–H groups in total. The maximum atomic E-state index is 5.55. The van der Waals surface area contributed by atoms with Crippen LogP contribution in [0.25, 0.3) is 0 Å². The Morgan fingerprint density at radius 3 is 2.82 bits per heavy atom. The summed E-state index contributed by atoms with van der Waals surface area (Å²) < 4.78 is 11.7. The van der Waals surface area contributed by atoms with Crippen molar-refractivity contribution in [3.63, 3.8) is 0 Å². The monoisotopic (exact) mass is 300 g/mol. The van der Waals surface area contributed by atoms with Crippen LogP contribution in [0.1, 0.15) is 37.9 Å². The molecule has 0 aromatic carbocycles. The summed E-state index contributed by atoms with van der Waals surface area (Å²) in [7, 11) is 0. The normalized spacial score (nSPS) is 14.9. The minimum atomic E-state index is 0.534. The molecule has 0 radical (unpaired) electrons. The zero-order chi connectivity index (χ0) is 12.1. The summed E-state index contributed by atoms with van der Waals surface area (Å²) in [5.74, 6) is 2.06. The third-order valence-corrected chi connectivity index (χ3v) is 2.86. The van der Waals surface area contributed by atoms with E-state index in [1.807, 2.05) is 0 Å². The van der Waals surface area contributed by atoms with Gasteiger partial charge in [-0.05, 0) is 35.2 Å². The first kappa shape index (κ1) is 12.8. The lowest BCUT2D eigenvalue weighted by molar-refractivity contribution is 0.0988. The van der Waals surface area contributed by atoms with Gasteiger partial charge >= 0.3 is 0 Å². The van der Waals surface area contributed by atoms with Crippen molar-refractivity contribution in [3.05, 3.63) is 16.5 Å². The van der Waals surface area contributed by atoms with Crippen molar-refractivity contribution in [1.82, 2.24) is 9.97 Å². The number of halogens is 1. The molecule has 1 fully saturated rings. The zero-order valence-electron chi connectivity index (χ0n) is 9.99. The minimum Gasteiger partial charge on any atom is -0.475 e. The van der Waals surface area contributed by atoms with E-state index in [9.17, 15) is 0 Å². The first-order valence-electron chi connectivity index (χ1n) is 6.04. The van der Waals surface area contributed by atoms with Crippen molar-refractivity contribution in [1.29, 1.82) is 0 Å². The van der Waals surface area contributed by atoms with Gasteiger partial charge in [0.2, 0.25) is 5.88 Å². The number of hydrogen-bond acceptors (Lipinski definition) is 4. The Morgan fingerprint density at radius 2 is 2.12 bits per heavy atom. The van der Waals surface area contributed by atoms with E-state index in [2.05, 4.69) is 32.8 Å². The second-order valence-corrected chi connectivity index (χ2v) is 4.93. The second kappa shape index (κ2) is 6.31. The molecular weight excluding hydrogens is 284 g/mol. The average molecular weight is 301 g/mol. The summed E-state index contributed by atoms with van der Waals surface area (Å²) in [6, 6.07) is 1.80.